The van der Waals surface area contributed by atoms with Crippen LogP contribution in [0.15, 0.2) is 0 Å². The maximum Gasteiger partial charge on any atom is 0.225 e. The molecule has 1 rings (SSSR count). The molecule has 1 saturated carbocycles. The maximum absolute atomic E-state index is 11.9. The molecule has 0 atom stereocenters. The number of likely N-dealkylation sites (N-methyl/N-ethyl adjacent to an activating group) is 1. The van der Waals surface area contributed by atoms with Crippen molar-refractivity contribution in [2.45, 2.75) is 59.8 Å². The molecule has 0 aromatic heterocycles. The lowest BCUT2D eigenvalue weighted by molar-refractivity contribution is -0.135. The number of hydrogen-bond donors (Lipinski definition) is 0. The first-order chi connectivity index (χ1) is 8.75. The molecule has 0 unspecified atom stereocenters. The van der Waals surface area contributed by atoms with Crippen LogP contribution in [0.3, 0.4) is 0 Å². The van der Waals surface area contributed by atoms with Crippen LogP contribution in [0, 0.1) is 5.92 Å². The summed E-state index contributed by atoms with van der Waals surface area (Å²) in [7, 11) is 3.54. The molecule has 1 fully saturated rings. The van der Waals surface area contributed by atoms with E-state index in [-0.39, 0.29) is 5.92 Å². The van der Waals surface area contributed by atoms with E-state index in [1.165, 1.54) is 19.3 Å². The van der Waals surface area contributed by atoms with Crippen molar-refractivity contribution >= 4 is 5.91 Å². The van der Waals surface area contributed by atoms with E-state index in [0.29, 0.717) is 19.1 Å². The van der Waals surface area contributed by atoms with Crippen molar-refractivity contribution in [2.24, 2.45) is 5.92 Å². The van der Waals surface area contributed by atoms with E-state index in [2.05, 4.69) is 0 Å². The van der Waals surface area contributed by atoms with Gasteiger partial charge >= 0.3 is 0 Å². The lowest BCUT2D eigenvalue weighted by Crippen LogP contribution is -2.36. The van der Waals surface area contributed by atoms with E-state index in [4.69, 9.17) is 4.74 Å². The summed E-state index contributed by atoms with van der Waals surface area (Å²) in [6.07, 6.45) is 5.89. The Bertz CT molecular complexity index is 177. The minimum atomic E-state index is 0.283. The first kappa shape index (κ1) is 19.8. The molecule has 1 aliphatic carbocycles. The summed E-state index contributed by atoms with van der Waals surface area (Å²) in [4.78, 5) is 13.7. The number of nitrogens with zero attached hydrogens (tertiary/aromatic N) is 1. The summed E-state index contributed by atoms with van der Waals surface area (Å²) in [6, 6.07) is 0. The third-order valence-electron chi connectivity index (χ3n) is 2.96. The van der Waals surface area contributed by atoms with Gasteiger partial charge in [-0.25, -0.2) is 0 Å². The zero-order valence-electron chi connectivity index (χ0n) is 13.3. The first-order valence-corrected chi connectivity index (χ1v) is 7.49. The SMILES string of the molecule is CC.CC.COCCN(C)C(=O)C1CCCCC1. The number of methoxy groups -OCH3 is 1. The fourth-order valence-electron chi connectivity index (χ4n) is 2.00. The van der Waals surface area contributed by atoms with Crippen LogP contribution >= 0.6 is 0 Å². The van der Waals surface area contributed by atoms with E-state index >= 15 is 0 Å². The predicted molar refractivity (Wildman–Crippen MR) is 78.8 cm³/mol. The fraction of sp³-hybridized carbons (Fsp3) is 0.933. The molecule has 0 bridgehead atoms. The third kappa shape index (κ3) is 8.51. The van der Waals surface area contributed by atoms with Crippen LogP contribution in [0.1, 0.15) is 59.8 Å². The lowest BCUT2D eigenvalue weighted by atomic mass is 9.88. The van der Waals surface area contributed by atoms with Crippen LogP contribution in [-0.2, 0) is 9.53 Å². The Balaban J connectivity index is 0. The summed E-state index contributed by atoms with van der Waals surface area (Å²) < 4.78 is 4.96. The van der Waals surface area contributed by atoms with E-state index < -0.39 is 0 Å². The Morgan fingerprint density at radius 1 is 1.11 bits per heavy atom. The average Bonchev–Trinajstić information content (AvgIpc) is 2.49. The molecule has 0 aromatic carbocycles. The van der Waals surface area contributed by atoms with Crippen LogP contribution in [-0.4, -0.2) is 38.1 Å². The van der Waals surface area contributed by atoms with Gasteiger partial charge in [0.15, 0.2) is 0 Å². The minimum absolute atomic E-state index is 0.283. The van der Waals surface area contributed by atoms with Gasteiger partial charge in [-0.1, -0.05) is 47.0 Å². The Morgan fingerprint density at radius 2 is 1.61 bits per heavy atom. The molecule has 0 radical (unpaired) electrons. The molecule has 3 heteroatoms. The molecule has 0 aromatic rings. The Hall–Kier alpha value is -0.570. The van der Waals surface area contributed by atoms with Crippen molar-refractivity contribution in [2.75, 3.05) is 27.3 Å². The maximum atomic E-state index is 11.9. The molecule has 0 aliphatic heterocycles. The van der Waals surface area contributed by atoms with Crippen molar-refractivity contribution in [3.05, 3.63) is 0 Å². The van der Waals surface area contributed by atoms with Crippen LogP contribution in [0.25, 0.3) is 0 Å². The van der Waals surface area contributed by atoms with Crippen LogP contribution in [0.2, 0.25) is 0 Å². The zero-order chi connectivity index (χ0) is 14.4. The van der Waals surface area contributed by atoms with E-state index in [1.54, 1.807) is 12.0 Å². The first-order valence-electron chi connectivity index (χ1n) is 7.49. The number of hydrogen-bond acceptors (Lipinski definition) is 2. The van der Waals surface area contributed by atoms with Gasteiger partial charge in [0, 0.05) is 26.6 Å². The average molecular weight is 259 g/mol. The molecule has 18 heavy (non-hydrogen) atoms. The van der Waals surface area contributed by atoms with Gasteiger partial charge in [-0.15, -0.1) is 0 Å². The number of carbonyl (C=O) groups is 1. The van der Waals surface area contributed by atoms with Gasteiger partial charge < -0.3 is 9.64 Å². The molecule has 1 amide bonds. The topological polar surface area (TPSA) is 29.5 Å². The van der Waals surface area contributed by atoms with Crippen molar-refractivity contribution in [3.63, 3.8) is 0 Å². The molecule has 0 heterocycles. The molecule has 110 valence electrons. The Labute approximate surface area is 114 Å². The lowest BCUT2D eigenvalue weighted by Gasteiger charge is -2.26. The smallest absolute Gasteiger partial charge is 0.225 e. The summed E-state index contributed by atoms with van der Waals surface area (Å²) in [5, 5.41) is 0. The van der Waals surface area contributed by atoms with Crippen molar-refractivity contribution < 1.29 is 9.53 Å². The number of ether oxygens (including phenoxy) is 1. The van der Waals surface area contributed by atoms with Gasteiger partial charge in [0.1, 0.15) is 0 Å². The van der Waals surface area contributed by atoms with Gasteiger partial charge in [-0.2, -0.15) is 0 Å². The number of amides is 1. The highest BCUT2D eigenvalue weighted by atomic mass is 16.5. The monoisotopic (exact) mass is 259 g/mol. The molecule has 0 saturated heterocycles. The summed E-state index contributed by atoms with van der Waals surface area (Å²) in [6.45, 7) is 9.35. The zero-order valence-corrected chi connectivity index (χ0v) is 13.3. The molecule has 0 N–H and O–H groups in total. The largest absolute Gasteiger partial charge is 0.383 e. The number of carbonyl (C=O) groups excluding carboxylic acids is 1. The molecule has 1 aliphatic rings. The highest BCUT2D eigenvalue weighted by Crippen LogP contribution is 2.24. The van der Waals surface area contributed by atoms with Gasteiger partial charge in [0.25, 0.3) is 0 Å². The Morgan fingerprint density at radius 3 is 2.06 bits per heavy atom. The third-order valence-corrected chi connectivity index (χ3v) is 2.96. The van der Waals surface area contributed by atoms with Gasteiger partial charge in [0.2, 0.25) is 5.91 Å². The fourth-order valence-corrected chi connectivity index (χ4v) is 2.00. The molecule has 3 nitrogen and oxygen atoms in total. The predicted octanol–water partition coefficient (Wildman–Crippen LogP) is 3.72. The Kier molecular flexibility index (Phi) is 15.9. The van der Waals surface area contributed by atoms with E-state index in [0.717, 1.165) is 12.8 Å². The van der Waals surface area contributed by atoms with E-state index in [9.17, 15) is 4.79 Å². The standard InChI is InChI=1S/C11H21NO2.2C2H6/c1-12(8-9-14-2)11(13)10-6-4-3-5-7-10;2*1-2/h10H,3-9H2,1-2H3;2*1-2H3. The van der Waals surface area contributed by atoms with Crippen molar-refractivity contribution in [1.82, 2.24) is 4.90 Å². The highest BCUT2D eigenvalue weighted by molar-refractivity contribution is 5.78. The summed E-state index contributed by atoms with van der Waals surface area (Å²) in [5.74, 6) is 0.590. The van der Waals surface area contributed by atoms with Crippen LogP contribution < -0.4 is 0 Å². The summed E-state index contributed by atoms with van der Waals surface area (Å²) >= 11 is 0. The van der Waals surface area contributed by atoms with Crippen LogP contribution in [0.4, 0.5) is 0 Å². The van der Waals surface area contributed by atoms with Gasteiger partial charge in [-0.05, 0) is 12.8 Å². The van der Waals surface area contributed by atoms with E-state index in [1.807, 2.05) is 34.7 Å². The second kappa shape index (κ2) is 14.5. The van der Waals surface area contributed by atoms with Gasteiger partial charge in [0.05, 0.1) is 6.61 Å². The summed E-state index contributed by atoms with van der Waals surface area (Å²) in [5.41, 5.74) is 0. The van der Waals surface area contributed by atoms with Crippen LogP contribution in [0.5, 0.6) is 0 Å². The minimum Gasteiger partial charge on any atom is -0.383 e. The quantitative estimate of drug-likeness (QED) is 0.770. The molecular weight excluding hydrogens is 226 g/mol. The highest BCUT2D eigenvalue weighted by Gasteiger charge is 2.23. The molecule has 0 spiro atoms. The van der Waals surface area contributed by atoms with Crippen molar-refractivity contribution in [3.8, 4) is 0 Å². The second-order valence-electron chi connectivity index (χ2n) is 4.09. The van der Waals surface area contributed by atoms with Crippen molar-refractivity contribution in [1.29, 1.82) is 0 Å². The normalized spacial score (nSPS) is 14.8. The second-order valence-corrected chi connectivity index (χ2v) is 4.09. The van der Waals surface area contributed by atoms with Gasteiger partial charge in [-0.3, -0.25) is 4.79 Å². The number of rotatable bonds is 4. The molecular formula is C15H33NO2.